The molecule has 7 nitrogen and oxygen atoms in total. The zero-order valence-corrected chi connectivity index (χ0v) is 13.3. The minimum atomic E-state index is -3.70. The molecule has 1 heterocycles. The lowest BCUT2D eigenvalue weighted by atomic mass is 10.1. The molecule has 0 saturated heterocycles. The number of carbonyl (C=O) groups excluding carboxylic acids is 1. The third kappa shape index (κ3) is 4.92. The highest BCUT2D eigenvalue weighted by atomic mass is 32.2. The number of primary sulfonamides is 1. The minimum Gasteiger partial charge on any atom is -0.467 e. The summed E-state index contributed by atoms with van der Waals surface area (Å²) >= 11 is 0. The van der Waals surface area contributed by atoms with Gasteiger partial charge in [0, 0.05) is 6.54 Å². The molecule has 0 aliphatic heterocycles. The van der Waals surface area contributed by atoms with Crippen molar-refractivity contribution < 1.29 is 17.6 Å². The molecular formula is C15H19N3O4S. The summed E-state index contributed by atoms with van der Waals surface area (Å²) in [6.07, 6.45) is 2.11. The molecule has 2 aromatic rings. The van der Waals surface area contributed by atoms with Gasteiger partial charge in [0.15, 0.2) is 0 Å². The molecule has 0 radical (unpaired) electrons. The first-order valence-corrected chi connectivity index (χ1v) is 8.57. The van der Waals surface area contributed by atoms with Crippen LogP contribution >= 0.6 is 0 Å². The molecule has 0 aliphatic carbocycles. The second-order valence-electron chi connectivity index (χ2n) is 5.04. The lowest BCUT2D eigenvalue weighted by Gasteiger charge is -2.21. The van der Waals surface area contributed by atoms with E-state index in [1.54, 1.807) is 35.4 Å². The van der Waals surface area contributed by atoms with Gasteiger partial charge in [0.1, 0.15) is 5.76 Å². The molecular weight excluding hydrogens is 318 g/mol. The van der Waals surface area contributed by atoms with Crippen LogP contribution in [-0.4, -0.2) is 32.3 Å². The number of rotatable bonds is 7. The van der Waals surface area contributed by atoms with Gasteiger partial charge in [-0.15, -0.1) is 0 Å². The quantitative estimate of drug-likeness (QED) is 0.760. The van der Waals surface area contributed by atoms with Crippen LogP contribution in [-0.2, 0) is 27.8 Å². The van der Waals surface area contributed by atoms with Crippen LogP contribution in [0.3, 0.4) is 0 Å². The molecule has 8 heteroatoms. The Labute approximate surface area is 134 Å². The maximum absolute atomic E-state index is 11.9. The van der Waals surface area contributed by atoms with Gasteiger partial charge in [0.05, 0.1) is 24.2 Å². The molecule has 0 saturated carbocycles. The fourth-order valence-corrected chi connectivity index (χ4v) is 2.64. The van der Waals surface area contributed by atoms with Crippen molar-refractivity contribution in [2.45, 2.75) is 17.9 Å². The standard InChI is InChI=1S/C15H19N3O4S/c16-10-15(19)18(11-13-2-1-9-22-13)8-7-12-3-5-14(6-4-12)23(17,20)21/h1-6,9H,7-8,10-11,16H2,(H2,17,20,21). The van der Waals surface area contributed by atoms with Crippen LogP contribution in [0.4, 0.5) is 0 Å². The van der Waals surface area contributed by atoms with Crippen molar-refractivity contribution in [3.05, 3.63) is 54.0 Å². The molecule has 0 fully saturated rings. The molecule has 23 heavy (non-hydrogen) atoms. The Bertz CT molecular complexity index is 740. The summed E-state index contributed by atoms with van der Waals surface area (Å²) in [5.74, 6) is 0.499. The molecule has 0 atom stereocenters. The first-order valence-electron chi connectivity index (χ1n) is 7.02. The summed E-state index contributed by atoms with van der Waals surface area (Å²) in [7, 11) is -3.70. The van der Waals surface area contributed by atoms with Gasteiger partial charge in [0.2, 0.25) is 15.9 Å². The van der Waals surface area contributed by atoms with Crippen molar-refractivity contribution in [1.82, 2.24) is 4.90 Å². The maximum Gasteiger partial charge on any atom is 0.238 e. The third-order valence-electron chi connectivity index (χ3n) is 3.38. The molecule has 4 N–H and O–H groups in total. The van der Waals surface area contributed by atoms with Crippen molar-refractivity contribution in [3.8, 4) is 0 Å². The Hall–Kier alpha value is -2.16. The summed E-state index contributed by atoms with van der Waals surface area (Å²) in [4.78, 5) is 13.6. The Kier molecular flexibility index (Phi) is 5.54. The number of hydrogen-bond donors (Lipinski definition) is 2. The number of carbonyl (C=O) groups is 1. The average Bonchev–Trinajstić information content (AvgIpc) is 3.03. The van der Waals surface area contributed by atoms with Gasteiger partial charge in [0.25, 0.3) is 0 Å². The van der Waals surface area contributed by atoms with Crippen LogP contribution < -0.4 is 10.9 Å². The molecule has 0 spiro atoms. The van der Waals surface area contributed by atoms with Crippen LogP contribution in [0, 0.1) is 0 Å². The van der Waals surface area contributed by atoms with Gasteiger partial charge in [-0.1, -0.05) is 12.1 Å². The van der Waals surface area contributed by atoms with Crippen LogP contribution in [0.15, 0.2) is 52.0 Å². The predicted molar refractivity (Wildman–Crippen MR) is 84.7 cm³/mol. The first kappa shape index (κ1) is 17.2. The number of sulfonamides is 1. The highest BCUT2D eigenvalue weighted by Crippen LogP contribution is 2.11. The first-order chi connectivity index (χ1) is 10.9. The lowest BCUT2D eigenvalue weighted by molar-refractivity contribution is -0.130. The van der Waals surface area contributed by atoms with Gasteiger partial charge in [-0.2, -0.15) is 0 Å². The van der Waals surface area contributed by atoms with Gasteiger partial charge >= 0.3 is 0 Å². The van der Waals surface area contributed by atoms with E-state index in [1.807, 2.05) is 0 Å². The summed E-state index contributed by atoms with van der Waals surface area (Å²) in [6.45, 7) is 0.717. The Morgan fingerprint density at radius 3 is 2.39 bits per heavy atom. The number of benzene rings is 1. The van der Waals surface area contributed by atoms with E-state index in [-0.39, 0.29) is 17.3 Å². The van der Waals surface area contributed by atoms with Crippen LogP contribution in [0.2, 0.25) is 0 Å². The van der Waals surface area contributed by atoms with E-state index in [0.29, 0.717) is 25.3 Å². The van der Waals surface area contributed by atoms with E-state index < -0.39 is 10.0 Å². The van der Waals surface area contributed by atoms with E-state index in [0.717, 1.165) is 5.56 Å². The second kappa shape index (κ2) is 7.40. The van der Waals surface area contributed by atoms with Crippen LogP contribution in [0.1, 0.15) is 11.3 Å². The summed E-state index contributed by atoms with van der Waals surface area (Å²) in [6, 6.07) is 9.80. The van der Waals surface area contributed by atoms with Gasteiger partial charge in [-0.05, 0) is 36.2 Å². The van der Waals surface area contributed by atoms with Gasteiger partial charge < -0.3 is 15.1 Å². The molecule has 1 aromatic heterocycles. The molecule has 2 rings (SSSR count). The van der Waals surface area contributed by atoms with Crippen molar-refractivity contribution in [1.29, 1.82) is 0 Å². The number of furan rings is 1. The monoisotopic (exact) mass is 337 g/mol. The molecule has 1 amide bonds. The van der Waals surface area contributed by atoms with Gasteiger partial charge in [-0.25, -0.2) is 13.6 Å². The highest BCUT2D eigenvalue weighted by Gasteiger charge is 2.14. The van der Waals surface area contributed by atoms with Crippen LogP contribution in [0.5, 0.6) is 0 Å². The number of amides is 1. The SMILES string of the molecule is NCC(=O)N(CCc1ccc(S(N)(=O)=O)cc1)Cc1ccco1. The number of nitrogens with two attached hydrogens (primary N) is 2. The average molecular weight is 337 g/mol. The van der Waals surface area contributed by atoms with E-state index in [4.69, 9.17) is 15.3 Å². The molecule has 0 unspecified atom stereocenters. The summed E-state index contributed by atoms with van der Waals surface area (Å²) in [5, 5.41) is 5.06. The van der Waals surface area contributed by atoms with Crippen LogP contribution in [0.25, 0.3) is 0 Å². The molecule has 1 aromatic carbocycles. The molecule has 0 bridgehead atoms. The smallest absolute Gasteiger partial charge is 0.238 e. The number of hydrogen-bond acceptors (Lipinski definition) is 5. The van der Waals surface area contributed by atoms with E-state index in [2.05, 4.69) is 0 Å². The third-order valence-corrected chi connectivity index (χ3v) is 4.31. The normalized spacial score (nSPS) is 11.4. The van der Waals surface area contributed by atoms with E-state index in [9.17, 15) is 13.2 Å². The van der Waals surface area contributed by atoms with Crippen molar-refractivity contribution >= 4 is 15.9 Å². The van der Waals surface area contributed by atoms with Gasteiger partial charge in [-0.3, -0.25) is 4.79 Å². The molecule has 0 aliphatic rings. The van der Waals surface area contributed by atoms with E-state index >= 15 is 0 Å². The fourth-order valence-electron chi connectivity index (χ4n) is 2.12. The zero-order chi connectivity index (χ0) is 16.9. The second-order valence-corrected chi connectivity index (χ2v) is 6.60. The minimum absolute atomic E-state index is 0.0618. The Balaban J connectivity index is 2.01. The summed E-state index contributed by atoms with van der Waals surface area (Å²) in [5.41, 5.74) is 6.33. The number of nitrogens with zero attached hydrogens (tertiary/aromatic N) is 1. The van der Waals surface area contributed by atoms with E-state index in [1.165, 1.54) is 12.1 Å². The fraction of sp³-hybridized carbons (Fsp3) is 0.267. The maximum atomic E-state index is 11.9. The zero-order valence-electron chi connectivity index (χ0n) is 12.5. The predicted octanol–water partition coefficient (Wildman–Crippen LogP) is 0.457. The topological polar surface area (TPSA) is 120 Å². The van der Waals surface area contributed by atoms with Crippen molar-refractivity contribution in [2.24, 2.45) is 10.9 Å². The largest absolute Gasteiger partial charge is 0.467 e. The highest BCUT2D eigenvalue weighted by molar-refractivity contribution is 7.89. The van der Waals surface area contributed by atoms with Crippen molar-refractivity contribution in [2.75, 3.05) is 13.1 Å². The summed E-state index contributed by atoms with van der Waals surface area (Å²) < 4.78 is 27.7. The molecule has 124 valence electrons. The lowest BCUT2D eigenvalue weighted by Crippen LogP contribution is -2.36. The Morgan fingerprint density at radius 2 is 1.87 bits per heavy atom. The Morgan fingerprint density at radius 1 is 1.17 bits per heavy atom. The van der Waals surface area contributed by atoms with Crippen molar-refractivity contribution in [3.63, 3.8) is 0 Å².